The van der Waals surface area contributed by atoms with Crippen molar-refractivity contribution in [2.45, 2.75) is 6.18 Å². The standard InChI is InChI=1S/C29H25F5N2O4S/c1-41(38,39)36-12-10-35(11-13-36)14-15-40-21-7-8-22-23(17-21)28(37)27(19-4-9-24(30)25(31)16-19)26(22)18-2-5-20(6-3-18)29(32,33)34/h2-9,16-17H,10-15H2,1H3. The van der Waals surface area contributed by atoms with E-state index in [-0.39, 0.29) is 23.3 Å². The molecule has 0 aromatic heterocycles. The van der Waals surface area contributed by atoms with E-state index in [1.807, 2.05) is 0 Å². The zero-order valence-electron chi connectivity index (χ0n) is 21.8. The highest BCUT2D eigenvalue weighted by Crippen LogP contribution is 2.44. The fourth-order valence-corrected chi connectivity index (χ4v) is 5.86. The molecule has 5 rings (SSSR count). The van der Waals surface area contributed by atoms with Gasteiger partial charge in [0.05, 0.1) is 11.8 Å². The first-order valence-corrected chi connectivity index (χ1v) is 14.5. The van der Waals surface area contributed by atoms with Crippen LogP contribution in [0.1, 0.15) is 32.6 Å². The number of nitrogens with zero attached hydrogens (tertiary/aromatic N) is 2. The lowest BCUT2D eigenvalue weighted by atomic mass is 9.93. The monoisotopic (exact) mass is 592 g/mol. The maximum Gasteiger partial charge on any atom is 0.416 e. The number of sulfonamides is 1. The van der Waals surface area contributed by atoms with Crippen LogP contribution in [-0.4, -0.2) is 69.0 Å². The lowest BCUT2D eigenvalue weighted by Gasteiger charge is -2.33. The number of fused-ring (bicyclic) bond motifs is 1. The molecule has 1 fully saturated rings. The highest BCUT2D eigenvalue weighted by Gasteiger charge is 2.34. The predicted octanol–water partition coefficient (Wildman–Crippen LogP) is 5.10. The largest absolute Gasteiger partial charge is 0.492 e. The number of alkyl halides is 3. The van der Waals surface area contributed by atoms with Crippen LogP contribution in [0.2, 0.25) is 0 Å². The Hall–Kier alpha value is -3.61. The van der Waals surface area contributed by atoms with Gasteiger partial charge >= 0.3 is 6.18 Å². The third kappa shape index (κ3) is 6.04. The number of ether oxygens (including phenoxy) is 1. The fraction of sp³-hybridized carbons (Fsp3) is 0.276. The van der Waals surface area contributed by atoms with Gasteiger partial charge in [-0.05, 0) is 59.2 Å². The number of carbonyl (C=O) groups is 1. The maximum atomic E-state index is 14.1. The van der Waals surface area contributed by atoms with Crippen molar-refractivity contribution in [3.05, 3.63) is 100 Å². The van der Waals surface area contributed by atoms with Crippen molar-refractivity contribution in [1.29, 1.82) is 0 Å². The molecule has 1 aliphatic heterocycles. The molecule has 0 bridgehead atoms. The number of hydrogen-bond donors (Lipinski definition) is 0. The third-order valence-electron chi connectivity index (χ3n) is 7.17. The molecule has 216 valence electrons. The molecule has 0 unspecified atom stereocenters. The summed E-state index contributed by atoms with van der Waals surface area (Å²) in [5, 5.41) is 0. The van der Waals surface area contributed by atoms with Crippen molar-refractivity contribution >= 4 is 27.0 Å². The Morgan fingerprint density at radius 3 is 2.07 bits per heavy atom. The summed E-state index contributed by atoms with van der Waals surface area (Å²) in [6.07, 6.45) is -3.37. The van der Waals surface area contributed by atoms with Crippen molar-refractivity contribution in [2.75, 3.05) is 45.6 Å². The Bertz CT molecular complexity index is 1630. The molecule has 0 amide bonds. The van der Waals surface area contributed by atoms with Crippen molar-refractivity contribution in [3.8, 4) is 5.75 Å². The molecule has 1 heterocycles. The fourth-order valence-electron chi connectivity index (χ4n) is 5.03. The van der Waals surface area contributed by atoms with Crippen molar-refractivity contribution in [2.24, 2.45) is 0 Å². The van der Waals surface area contributed by atoms with Gasteiger partial charge in [-0.2, -0.15) is 17.5 Å². The second kappa shape index (κ2) is 11.0. The lowest BCUT2D eigenvalue weighted by molar-refractivity contribution is -0.137. The molecule has 3 aromatic carbocycles. The van der Waals surface area contributed by atoms with E-state index in [1.54, 1.807) is 12.1 Å². The number of allylic oxidation sites excluding steroid dienone is 1. The van der Waals surface area contributed by atoms with Gasteiger partial charge in [0.1, 0.15) is 12.4 Å². The smallest absolute Gasteiger partial charge is 0.416 e. The molecular weight excluding hydrogens is 567 g/mol. The van der Waals surface area contributed by atoms with Crippen LogP contribution in [0.15, 0.2) is 60.7 Å². The lowest BCUT2D eigenvalue weighted by Crippen LogP contribution is -2.49. The van der Waals surface area contributed by atoms with Crippen LogP contribution in [0, 0.1) is 11.6 Å². The molecule has 2 aliphatic rings. The Labute approximate surface area is 233 Å². The van der Waals surface area contributed by atoms with Crippen molar-refractivity contribution < 1.29 is 39.9 Å². The number of rotatable bonds is 7. The van der Waals surface area contributed by atoms with E-state index < -0.39 is 39.2 Å². The van der Waals surface area contributed by atoms with Crippen LogP contribution >= 0.6 is 0 Å². The van der Waals surface area contributed by atoms with E-state index in [0.29, 0.717) is 55.2 Å². The first kappa shape index (κ1) is 28.9. The van der Waals surface area contributed by atoms with Gasteiger partial charge in [0.15, 0.2) is 17.4 Å². The predicted molar refractivity (Wildman–Crippen MR) is 143 cm³/mol. The average molecular weight is 593 g/mol. The number of piperazine rings is 1. The van der Waals surface area contributed by atoms with Gasteiger partial charge in [-0.25, -0.2) is 17.2 Å². The topological polar surface area (TPSA) is 66.9 Å². The number of hydrogen-bond acceptors (Lipinski definition) is 5. The van der Waals surface area contributed by atoms with Gasteiger partial charge < -0.3 is 4.74 Å². The van der Waals surface area contributed by atoms with E-state index in [1.165, 1.54) is 34.8 Å². The number of ketones is 1. The Kier molecular flexibility index (Phi) is 7.75. The second-order valence-corrected chi connectivity index (χ2v) is 11.8. The highest BCUT2D eigenvalue weighted by atomic mass is 32.2. The quantitative estimate of drug-likeness (QED) is 0.358. The first-order chi connectivity index (χ1) is 19.3. The minimum atomic E-state index is -4.55. The molecule has 6 nitrogen and oxygen atoms in total. The molecule has 3 aromatic rings. The molecule has 0 saturated carbocycles. The molecule has 1 aliphatic carbocycles. The SMILES string of the molecule is CS(=O)(=O)N1CCN(CCOc2ccc3c(c2)C(=O)C(c2ccc(F)c(F)c2)=C3c2ccc(C(F)(F)F)cc2)CC1. The summed E-state index contributed by atoms with van der Waals surface area (Å²) >= 11 is 0. The Balaban J connectivity index is 1.40. The van der Waals surface area contributed by atoms with Gasteiger partial charge in [0.2, 0.25) is 10.0 Å². The Morgan fingerprint density at radius 2 is 1.46 bits per heavy atom. The van der Waals surface area contributed by atoms with Gasteiger partial charge in [-0.3, -0.25) is 9.69 Å². The van der Waals surface area contributed by atoms with E-state index >= 15 is 0 Å². The minimum Gasteiger partial charge on any atom is -0.492 e. The normalized spacial score (nSPS) is 16.8. The molecule has 41 heavy (non-hydrogen) atoms. The summed E-state index contributed by atoms with van der Waals surface area (Å²) in [6, 6.07) is 12.1. The molecule has 0 atom stereocenters. The molecule has 1 saturated heterocycles. The number of Topliss-reactive ketones (excluding diaryl/α,β-unsaturated/α-hetero) is 1. The van der Waals surface area contributed by atoms with Crippen LogP contribution in [0.3, 0.4) is 0 Å². The maximum absolute atomic E-state index is 14.1. The summed E-state index contributed by atoms with van der Waals surface area (Å²) < 4.78 is 98.0. The van der Waals surface area contributed by atoms with Crippen molar-refractivity contribution in [3.63, 3.8) is 0 Å². The molecular formula is C29H25F5N2O4S. The van der Waals surface area contributed by atoms with Crippen molar-refractivity contribution in [1.82, 2.24) is 9.21 Å². The van der Waals surface area contributed by atoms with E-state index in [2.05, 4.69) is 4.90 Å². The van der Waals surface area contributed by atoms with Crippen LogP contribution in [-0.2, 0) is 16.2 Å². The van der Waals surface area contributed by atoms with Gasteiger partial charge in [0.25, 0.3) is 0 Å². The van der Waals surface area contributed by atoms with E-state index in [0.717, 1.165) is 24.3 Å². The Morgan fingerprint density at radius 1 is 0.805 bits per heavy atom. The summed E-state index contributed by atoms with van der Waals surface area (Å²) in [7, 11) is -3.24. The summed E-state index contributed by atoms with van der Waals surface area (Å²) in [5.74, 6) is -2.37. The zero-order chi connectivity index (χ0) is 29.5. The first-order valence-electron chi connectivity index (χ1n) is 12.7. The number of halogens is 5. The minimum absolute atomic E-state index is 0.0413. The average Bonchev–Trinajstić information content (AvgIpc) is 3.21. The summed E-state index contributed by atoms with van der Waals surface area (Å²) in [5.41, 5.74) is 0.543. The van der Waals surface area contributed by atoms with Crippen LogP contribution in [0.25, 0.3) is 11.1 Å². The second-order valence-electron chi connectivity index (χ2n) is 9.84. The number of carbonyl (C=O) groups excluding carboxylic acids is 1. The van der Waals surface area contributed by atoms with E-state index in [9.17, 15) is 35.2 Å². The number of benzene rings is 3. The van der Waals surface area contributed by atoms with E-state index in [4.69, 9.17) is 4.74 Å². The summed E-state index contributed by atoms with van der Waals surface area (Å²) in [6.45, 7) is 2.67. The molecule has 0 radical (unpaired) electrons. The van der Waals surface area contributed by atoms with Crippen LogP contribution in [0.4, 0.5) is 22.0 Å². The zero-order valence-corrected chi connectivity index (χ0v) is 22.7. The molecule has 0 N–H and O–H groups in total. The molecule has 12 heteroatoms. The van der Waals surface area contributed by atoms with Crippen LogP contribution in [0.5, 0.6) is 5.75 Å². The summed E-state index contributed by atoms with van der Waals surface area (Å²) in [4.78, 5) is 15.7. The van der Waals surface area contributed by atoms with Crippen LogP contribution < -0.4 is 4.74 Å². The van der Waals surface area contributed by atoms with Gasteiger partial charge in [-0.15, -0.1) is 0 Å². The van der Waals surface area contributed by atoms with Gasteiger partial charge in [-0.1, -0.05) is 18.2 Å². The third-order valence-corrected chi connectivity index (χ3v) is 8.47. The highest BCUT2D eigenvalue weighted by molar-refractivity contribution is 7.88. The van der Waals surface area contributed by atoms with Gasteiger partial charge in [0, 0.05) is 49.4 Å². The molecule has 0 spiro atoms.